The third kappa shape index (κ3) is 5.25. The van der Waals surface area contributed by atoms with Crippen LogP contribution in [0.1, 0.15) is 16.8 Å². The number of thioether (sulfide) groups is 1. The average Bonchev–Trinajstić information content (AvgIpc) is 2.36. The zero-order valence-electron chi connectivity index (χ0n) is 10.7. The van der Waals surface area contributed by atoms with E-state index in [1.807, 2.05) is 0 Å². The van der Waals surface area contributed by atoms with Crippen LogP contribution < -0.4 is 5.32 Å². The molecule has 0 aliphatic heterocycles. The van der Waals surface area contributed by atoms with Crippen LogP contribution in [0.5, 0.6) is 0 Å². The van der Waals surface area contributed by atoms with Gasteiger partial charge in [0.05, 0.1) is 6.42 Å². The largest absolute Gasteiger partial charge is 0.480 e. The van der Waals surface area contributed by atoms with Crippen LogP contribution in [0.25, 0.3) is 0 Å². The van der Waals surface area contributed by atoms with Crippen molar-refractivity contribution in [1.82, 2.24) is 5.32 Å². The van der Waals surface area contributed by atoms with Crippen molar-refractivity contribution in [2.75, 3.05) is 6.26 Å². The van der Waals surface area contributed by atoms with Gasteiger partial charge in [-0.15, -0.1) is 11.8 Å². The molecule has 21 heavy (non-hydrogen) atoms. The summed E-state index contributed by atoms with van der Waals surface area (Å²) in [6, 6.07) is 1.10. The highest BCUT2D eigenvalue weighted by Crippen LogP contribution is 2.23. The van der Waals surface area contributed by atoms with Gasteiger partial charge in [-0.2, -0.15) is 13.2 Å². The van der Waals surface area contributed by atoms with Gasteiger partial charge in [0.2, 0.25) is 0 Å². The van der Waals surface area contributed by atoms with Crippen LogP contribution in [0.2, 0.25) is 0 Å². The number of rotatable bonds is 5. The molecule has 0 spiro atoms. The van der Waals surface area contributed by atoms with Crippen molar-refractivity contribution >= 4 is 23.6 Å². The van der Waals surface area contributed by atoms with Gasteiger partial charge in [-0.1, -0.05) is 0 Å². The molecule has 116 valence electrons. The number of benzene rings is 1. The van der Waals surface area contributed by atoms with Crippen LogP contribution in [0.15, 0.2) is 23.1 Å². The minimum Gasteiger partial charge on any atom is -0.480 e. The summed E-state index contributed by atoms with van der Waals surface area (Å²) in [7, 11) is 0. The molecule has 1 atom stereocenters. The van der Waals surface area contributed by atoms with Crippen molar-refractivity contribution in [3.8, 4) is 0 Å². The zero-order chi connectivity index (χ0) is 16.2. The summed E-state index contributed by atoms with van der Waals surface area (Å²) in [6.45, 7) is 0. The van der Waals surface area contributed by atoms with Crippen molar-refractivity contribution in [3.63, 3.8) is 0 Å². The first-order valence-electron chi connectivity index (χ1n) is 5.58. The van der Waals surface area contributed by atoms with Crippen LogP contribution >= 0.6 is 11.8 Å². The number of halogens is 4. The van der Waals surface area contributed by atoms with Crippen LogP contribution in [-0.2, 0) is 4.79 Å². The SMILES string of the molecule is CSc1cc(C(=O)NC(CC(F)(F)F)C(=O)O)ccc1F. The first-order chi connectivity index (χ1) is 9.64. The van der Waals surface area contributed by atoms with Crippen molar-refractivity contribution in [1.29, 1.82) is 0 Å². The van der Waals surface area contributed by atoms with Crippen molar-refractivity contribution in [3.05, 3.63) is 29.6 Å². The molecule has 0 saturated carbocycles. The maximum absolute atomic E-state index is 13.3. The van der Waals surface area contributed by atoms with E-state index in [1.54, 1.807) is 11.6 Å². The lowest BCUT2D eigenvalue weighted by atomic mass is 10.1. The maximum atomic E-state index is 13.3. The van der Waals surface area contributed by atoms with Gasteiger partial charge >= 0.3 is 12.1 Å². The number of amides is 1. The number of carboxylic acids is 1. The molecule has 0 heterocycles. The molecule has 1 unspecified atom stereocenters. The minimum absolute atomic E-state index is 0.117. The molecule has 0 aliphatic rings. The van der Waals surface area contributed by atoms with Gasteiger partial charge < -0.3 is 10.4 Å². The number of carbonyl (C=O) groups is 2. The topological polar surface area (TPSA) is 66.4 Å². The third-order valence-corrected chi connectivity index (χ3v) is 3.20. The van der Waals surface area contributed by atoms with E-state index in [0.29, 0.717) is 0 Å². The summed E-state index contributed by atoms with van der Waals surface area (Å²) in [5, 5.41) is 10.5. The first-order valence-corrected chi connectivity index (χ1v) is 6.80. The van der Waals surface area contributed by atoms with E-state index < -0.39 is 36.3 Å². The van der Waals surface area contributed by atoms with Crippen LogP contribution in [0.3, 0.4) is 0 Å². The summed E-state index contributed by atoms with van der Waals surface area (Å²) in [6.07, 6.45) is -4.86. The number of hydrogen-bond donors (Lipinski definition) is 2. The Balaban J connectivity index is 2.89. The van der Waals surface area contributed by atoms with Crippen molar-refractivity contribution in [2.24, 2.45) is 0 Å². The predicted octanol–water partition coefficient (Wildman–Crippen LogP) is 2.68. The third-order valence-electron chi connectivity index (χ3n) is 2.45. The fourth-order valence-corrected chi connectivity index (χ4v) is 1.98. The van der Waals surface area contributed by atoms with E-state index in [4.69, 9.17) is 5.11 Å². The first kappa shape index (κ1) is 17.3. The zero-order valence-corrected chi connectivity index (χ0v) is 11.5. The lowest BCUT2D eigenvalue weighted by Crippen LogP contribution is -2.43. The predicted molar refractivity (Wildman–Crippen MR) is 67.7 cm³/mol. The fourth-order valence-electron chi connectivity index (χ4n) is 1.47. The Hall–Kier alpha value is -1.77. The lowest BCUT2D eigenvalue weighted by Gasteiger charge is -2.16. The molecule has 1 amide bonds. The van der Waals surface area contributed by atoms with Gasteiger partial charge in [-0.05, 0) is 24.5 Å². The fraction of sp³-hybridized carbons (Fsp3) is 0.333. The maximum Gasteiger partial charge on any atom is 0.391 e. The Labute approximate surface area is 121 Å². The highest BCUT2D eigenvalue weighted by molar-refractivity contribution is 7.98. The van der Waals surface area contributed by atoms with Gasteiger partial charge in [0.1, 0.15) is 11.9 Å². The average molecular weight is 325 g/mol. The standard InChI is InChI=1S/C12H11F4NO3S/c1-21-9-4-6(2-3-7(9)13)10(18)17-8(11(19)20)5-12(14,15)16/h2-4,8H,5H2,1H3,(H,17,18)(H,19,20). The monoisotopic (exact) mass is 325 g/mol. The second-order valence-corrected chi connectivity index (χ2v) is 4.88. The summed E-state index contributed by atoms with van der Waals surface area (Å²) in [4.78, 5) is 22.6. The minimum atomic E-state index is -4.73. The second-order valence-electron chi connectivity index (χ2n) is 4.03. The van der Waals surface area contributed by atoms with Crippen LogP contribution in [0, 0.1) is 5.82 Å². The van der Waals surface area contributed by atoms with E-state index in [9.17, 15) is 27.2 Å². The Morgan fingerprint density at radius 2 is 2.00 bits per heavy atom. The molecule has 0 aromatic heterocycles. The Kier molecular flexibility index (Phi) is 5.59. The van der Waals surface area contributed by atoms with Crippen molar-refractivity contribution < 1.29 is 32.3 Å². The van der Waals surface area contributed by atoms with Gasteiger partial charge in [-0.25, -0.2) is 9.18 Å². The molecule has 2 N–H and O–H groups in total. The summed E-state index contributed by atoms with van der Waals surface area (Å²) >= 11 is 1.01. The molecular formula is C12H11F4NO3S. The van der Waals surface area contributed by atoms with E-state index in [0.717, 1.165) is 30.0 Å². The second kappa shape index (κ2) is 6.79. The molecule has 9 heteroatoms. The van der Waals surface area contributed by atoms with E-state index in [-0.39, 0.29) is 10.5 Å². The number of aliphatic carboxylic acids is 1. The Bertz CT molecular complexity index is 548. The molecular weight excluding hydrogens is 314 g/mol. The van der Waals surface area contributed by atoms with Gasteiger partial charge in [-0.3, -0.25) is 4.79 Å². The molecule has 4 nitrogen and oxygen atoms in total. The highest BCUT2D eigenvalue weighted by Gasteiger charge is 2.36. The number of alkyl halides is 3. The van der Waals surface area contributed by atoms with Crippen LogP contribution in [-0.4, -0.2) is 35.5 Å². The highest BCUT2D eigenvalue weighted by atomic mass is 32.2. The molecule has 0 radical (unpaired) electrons. The molecule has 0 fully saturated rings. The van der Waals surface area contributed by atoms with Gasteiger partial charge in [0.15, 0.2) is 0 Å². The summed E-state index contributed by atoms with van der Waals surface area (Å²) in [5.41, 5.74) is -0.117. The number of carbonyl (C=O) groups excluding carboxylic acids is 1. The Morgan fingerprint density at radius 1 is 1.38 bits per heavy atom. The molecule has 0 saturated heterocycles. The molecule has 1 rings (SSSR count). The lowest BCUT2D eigenvalue weighted by molar-refractivity contribution is -0.157. The smallest absolute Gasteiger partial charge is 0.391 e. The van der Waals surface area contributed by atoms with E-state index in [1.165, 1.54) is 0 Å². The summed E-state index contributed by atoms with van der Waals surface area (Å²) < 4.78 is 49.9. The number of nitrogens with one attached hydrogen (secondary N) is 1. The quantitative estimate of drug-likeness (QED) is 0.645. The molecule has 1 aromatic rings. The molecule has 1 aromatic carbocycles. The molecule has 0 bridgehead atoms. The van der Waals surface area contributed by atoms with Gasteiger partial charge in [0.25, 0.3) is 5.91 Å². The van der Waals surface area contributed by atoms with E-state index in [2.05, 4.69) is 0 Å². The number of carboxylic acid groups (broad SMARTS) is 1. The number of hydrogen-bond acceptors (Lipinski definition) is 3. The molecule has 0 aliphatic carbocycles. The van der Waals surface area contributed by atoms with Crippen molar-refractivity contribution in [2.45, 2.75) is 23.5 Å². The summed E-state index contributed by atoms with van der Waals surface area (Å²) in [5.74, 6) is -3.39. The van der Waals surface area contributed by atoms with E-state index >= 15 is 0 Å². The normalized spacial score (nSPS) is 12.8. The van der Waals surface area contributed by atoms with Gasteiger partial charge in [0, 0.05) is 10.5 Å². The van der Waals surface area contributed by atoms with Crippen LogP contribution in [0.4, 0.5) is 17.6 Å². The Morgan fingerprint density at radius 3 is 2.48 bits per heavy atom.